The van der Waals surface area contributed by atoms with Gasteiger partial charge in [-0.15, -0.1) is 11.3 Å². The Morgan fingerprint density at radius 3 is 2.75 bits per heavy atom. The summed E-state index contributed by atoms with van der Waals surface area (Å²) in [6, 6.07) is 7.30. The number of ether oxygens (including phenoxy) is 1. The number of hydrogen-bond donors (Lipinski definition) is 0. The number of aromatic nitrogens is 1. The molecule has 2 aromatic rings. The Bertz CT molecular complexity index is 730. The molecule has 0 radical (unpaired) electrons. The molecule has 0 atom stereocenters. The molecule has 0 unspecified atom stereocenters. The van der Waals surface area contributed by atoms with Gasteiger partial charge in [0.2, 0.25) is 0 Å². The van der Waals surface area contributed by atoms with Crippen LogP contribution in [-0.4, -0.2) is 34.4 Å². The van der Waals surface area contributed by atoms with Crippen LogP contribution in [0, 0.1) is 0 Å². The Morgan fingerprint density at radius 1 is 1.38 bits per heavy atom. The molecule has 0 aliphatic rings. The van der Waals surface area contributed by atoms with Crippen LogP contribution in [0.4, 0.5) is 0 Å². The summed E-state index contributed by atoms with van der Waals surface area (Å²) in [5.74, 6) is -0.506. The standard InChI is InChI=1S/C17H19BrN2O3S/c1-4-23-17(22)14-10-24-15(19-14)9-20(11(2)3)16(21)12-6-5-7-13(18)8-12/h5-8,10-11H,4,9H2,1-3H3. The van der Waals surface area contributed by atoms with Crippen LogP contribution < -0.4 is 0 Å². The van der Waals surface area contributed by atoms with Crippen molar-refractivity contribution in [3.8, 4) is 0 Å². The second-order valence-corrected chi connectivity index (χ2v) is 7.24. The summed E-state index contributed by atoms with van der Waals surface area (Å²) in [6.07, 6.45) is 0. The highest BCUT2D eigenvalue weighted by molar-refractivity contribution is 9.10. The molecule has 0 spiro atoms. The quantitative estimate of drug-likeness (QED) is 0.671. The summed E-state index contributed by atoms with van der Waals surface area (Å²) in [4.78, 5) is 30.5. The van der Waals surface area contributed by atoms with Gasteiger partial charge >= 0.3 is 5.97 Å². The van der Waals surface area contributed by atoms with E-state index in [-0.39, 0.29) is 17.6 Å². The van der Waals surface area contributed by atoms with Gasteiger partial charge in [-0.2, -0.15) is 0 Å². The Labute approximate surface area is 153 Å². The number of thiazole rings is 1. The predicted molar refractivity (Wildman–Crippen MR) is 97.2 cm³/mol. The number of benzene rings is 1. The highest BCUT2D eigenvalue weighted by Crippen LogP contribution is 2.19. The predicted octanol–water partition coefficient (Wildman–Crippen LogP) is 4.13. The van der Waals surface area contributed by atoms with Gasteiger partial charge in [0.25, 0.3) is 5.91 Å². The van der Waals surface area contributed by atoms with Crippen molar-refractivity contribution in [3.05, 3.63) is 50.4 Å². The number of hydrogen-bond acceptors (Lipinski definition) is 5. The molecule has 1 aromatic heterocycles. The average molecular weight is 411 g/mol. The number of carbonyl (C=O) groups is 2. The molecule has 24 heavy (non-hydrogen) atoms. The van der Waals surface area contributed by atoms with Crippen LogP contribution in [0.2, 0.25) is 0 Å². The van der Waals surface area contributed by atoms with Gasteiger partial charge in [0.1, 0.15) is 5.01 Å². The number of halogens is 1. The zero-order chi connectivity index (χ0) is 17.7. The van der Waals surface area contributed by atoms with Crippen molar-refractivity contribution < 1.29 is 14.3 Å². The first-order valence-corrected chi connectivity index (χ1v) is 9.27. The van der Waals surface area contributed by atoms with Crippen LogP contribution in [0.1, 0.15) is 46.6 Å². The Hall–Kier alpha value is -1.73. The molecule has 0 aliphatic carbocycles. The van der Waals surface area contributed by atoms with Gasteiger partial charge in [-0.05, 0) is 39.0 Å². The first-order valence-electron chi connectivity index (χ1n) is 7.60. The van der Waals surface area contributed by atoms with Gasteiger partial charge in [-0.25, -0.2) is 9.78 Å². The maximum Gasteiger partial charge on any atom is 0.357 e. The normalized spacial score (nSPS) is 10.7. The van der Waals surface area contributed by atoms with Crippen molar-refractivity contribution in [2.75, 3.05) is 6.61 Å². The van der Waals surface area contributed by atoms with Crippen molar-refractivity contribution in [1.82, 2.24) is 9.88 Å². The van der Waals surface area contributed by atoms with E-state index >= 15 is 0 Å². The van der Waals surface area contributed by atoms with Crippen molar-refractivity contribution in [2.24, 2.45) is 0 Å². The minimum atomic E-state index is -0.436. The van der Waals surface area contributed by atoms with Gasteiger partial charge in [-0.1, -0.05) is 22.0 Å². The number of rotatable bonds is 6. The summed E-state index contributed by atoms with van der Waals surface area (Å²) in [6.45, 7) is 6.33. The van der Waals surface area contributed by atoms with E-state index in [1.54, 1.807) is 29.3 Å². The first kappa shape index (κ1) is 18.6. The smallest absolute Gasteiger partial charge is 0.357 e. The SMILES string of the molecule is CCOC(=O)c1csc(CN(C(=O)c2cccc(Br)c2)C(C)C)n1. The maximum atomic E-state index is 12.8. The molecule has 0 aliphatic heterocycles. The third kappa shape index (κ3) is 4.64. The zero-order valence-corrected chi connectivity index (χ0v) is 16.2. The summed E-state index contributed by atoms with van der Waals surface area (Å²) in [5, 5.41) is 2.37. The van der Waals surface area contributed by atoms with Crippen LogP contribution in [0.5, 0.6) is 0 Å². The van der Waals surface area contributed by atoms with Gasteiger partial charge in [0, 0.05) is 21.5 Å². The van der Waals surface area contributed by atoms with E-state index in [2.05, 4.69) is 20.9 Å². The summed E-state index contributed by atoms with van der Waals surface area (Å²) in [7, 11) is 0. The Morgan fingerprint density at radius 2 is 2.12 bits per heavy atom. The molecule has 128 valence electrons. The topological polar surface area (TPSA) is 59.5 Å². The van der Waals surface area contributed by atoms with Crippen LogP contribution in [0.15, 0.2) is 34.1 Å². The minimum Gasteiger partial charge on any atom is -0.461 e. The number of amides is 1. The molecule has 7 heteroatoms. The second kappa shape index (κ2) is 8.39. The maximum absolute atomic E-state index is 12.8. The molecule has 1 amide bonds. The average Bonchev–Trinajstić information content (AvgIpc) is 3.01. The van der Waals surface area contributed by atoms with Crippen LogP contribution >= 0.6 is 27.3 Å². The Kier molecular flexibility index (Phi) is 6.51. The van der Waals surface area contributed by atoms with Gasteiger partial charge in [-0.3, -0.25) is 4.79 Å². The number of nitrogens with zero attached hydrogens (tertiary/aromatic N) is 2. The van der Waals surface area contributed by atoms with Crippen molar-refractivity contribution in [3.63, 3.8) is 0 Å². The molecule has 0 saturated heterocycles. The fourth-order valence-corrected chi connectivity index (χ4v) is 3.26. The molecule has 2 rings (SSSR count). The van der Waals surface area contributed by atoms with Crippen LogP contribution in [0.3, 0.4) is 0 Å². The second-order valence-electron chi connectivity index (χ2n) is 5.38. The monoisotopic (exact) mass is 410 g/mol. The van der Waals surface area contributed by atoms with Crippen molar-refractivity contribution in [2.45, 2.75) is 33.4 Å². The highest BCUT2D eigenvalue weighted by atomic mass is 79.9. The zero-order valence-electron chi connectivity index (χ0n) is 13.8. The van der Waals surface area contributed by atoms with Crippen molar-refractivity contribution in [1.29, 1.82) is 0 Å². The fourth-order valence-electron chi connectivity index (χ4n) is 2.10. The summed E-state index contributed by atoms with van der Waals surface area (Å²) >= 11 is 4.74. The lowest BCUT2D eigenvalue weighted by Crippen LogP contribution is -2.36. The van der Waals surface area contributed by atoms with Crippen LogP contribution in [-0.2, 0) is 11.3 Å². The molecule has 1 aromatic carbocycles. The molecule has 0 N–H and O–H groups in total. The lowest BCUT2D eigenvalue weighted by molar-refractivity contribution is 0.0520. The molecule has 0 saturated carbocycles. The highest BCUT2D eigenvalue weighted by Gasteiger charge is 2.21. The van der Waals surface area contributed by atoms with E-state index in [1.165, 1.54) is 11.3 Å². The van der Waals surface area contributed by atoms with Gasteiger partial charge < -0.3 is 9.64 Å². The summed E-state index contributed by atoms with van der Waals surface area (Å²) < 4.78 is 5.80. The molecular weight excluding hydrogens is 392 g/mol. The van der Waals surface area contributed by atoms with E-state index in [9.17, 15) is 9.59 Å². The molecule has 1 heterocycles. The molecule has 0 fully saturated rings. The van der Waals surface area contributed by atoms with Gasteiger partial charge in [0.15, 0.2) is 5.69 Å². The van der Waals surface area contributed by atoms with Crippen LogP contribution in [0.25, 0.3) is 0 Å². The minimum absolute atomic E-state index is 0.00595. The van der Waals surface area contributed by atoms with Crippen molar-refractivity contribution >= 4 is 39.1 Å². The third-order valence-electron chi connectivity index (χ3n) is 3.30. The fraction of sp³-hybridized carbons (Fsp3) is 0.353. The first-order chi connectivity index (χ1) is 11.4. The van der Waals surface area contributed by atoms with E-state index in [4.69, 9.17) is 4.74 Å². The number of esters is 1. The molecule has 0 bridgehead atoms. The largest absolute Gasteiger partial charge is 0.461 e. The number of carbonyl (C=O) groups excluding carboxylic acids is 2. The third-order valence-corrected chi connectivity index (χ3v) is 4.62. The summed E-state index contributed by atoms with van der Waals surface area (Å²) in [5.41, 5.74) is 0.899. The Balaban J connectivity index is 2.17. The van der Waals surface area contributed by atoms with E-state index < -0.39 is 5.97 Å². The van der Waals surface area contributed by atoms with E-state index in [0.717, 1.165) is 4.47 Å². The molecular formula is C17H19BrN2O3S. The van der Waals surface area contributed by atoms with E-state index in [0.29, 0.717) is 23.7 Å². The van der Waals surface area contributed by atoms with Gasteiger partial charge in [0.05, 0.1) is 13.2 Å². The lowest BCUT2D eigenvalue weighted by Gasteiger charge is -2.26. The molecule has 5 nitrogen and oxygen atoms in total. The lowest BCUT2D eigenvalue weighted by atomic mass is 10.1. The van der Waals surface area contributed by atoms with E-state index in [1.807, 2.05) is 26.0 Å².